The number of piperazine rings is 1. The van der Waals surface area contributed by atoms with Crippen molar-refractivity contribution >= 4 is 17.4 Å². The van der Waals surface area contributed by atoms with Crippen molar-refractivity contribution < 1.29 is 30.7 Å². The van der Waals surface area contributed by atoms with Gasteiger partial charge in [-0.3, -0.25) is 4.90 Å². The summed E-state index contributed by atoms with van der Waals surface area (Å²) >= 11 is 0.572. The number of hydrogen-bond donors (Lipinski definition) is 0. The van der Waals surface area contributed by atoms with Crippen molar-refractivity contribution in [2.75, 3.05) is 43.4 Å². The molecule has 1 aromatic carbocycles. The van der Waals surface area contributed by atoms with E-state index in [9.17, 15) is 30.7 Å². The minimum atomic E-state index is -4.34. The maximum atomic E-state index is 14.2. The highest BCUT2D eigenvalue weighted by atomic mass is 32.2. The van der Waals surface area contributed by atoms with Crippen LogP contribution in [0.5, 0.6) is 0 Å². The zero-order valence-corrected chi connectivity index (χ0v) is 14.2. The Hall–Kier alpha value is -1.16. The number of alkyl halides is 6. The molecule has 0 saturated carbocycles. The van der Waals surface area contributed by atoms with Gasteiger partial charge in [0.15, 0.2) is 0 Å². The number of anilines is 1. The van der Waals surface area contributed by atoms with Crippen LogP contribution in [0.25, 0.3) is 0 Å². The Morgan fingerprint density at radius 3 is 2.08 bits per heavy atom. The molecule has 0 amide bonds. The van der Waals surface area contributed by atoms with E-state index in [2.05, 4.69) is 0 Å². The van der Waals surface area contributed by atoms with Gasteiger partial charge in [-0.2, -0.15) is 26.3 Å². The maximum absolute atomic E-state index is 14.2. The highest BCUT2D eigenvalue weighted by molar-refractivity contribution is 7.99. The van der Waals surface area contributed by atoms with Crippen molar-refractivity contribution in [2.24, 2.45) is 0 Å². The van der Waals surface area contributed by atoms with E-state index in [-0.39, 0.29) is 31.9 Å². The third-order valence-corrected chi connectivity index (χ3v) is 4.97. The normalized spacial score (nSPS) is 17.2. The number of thioether (sulfide) groups is 1. The molecule has 0 N–H and O–H groups in total. The molecule has 2 rings (SSSR count). The fraction of sp³-hybridized carbons (Fsp3) is 0.600. The van der Waals surface area contributed by atoms with Crippen molar-refractivity contribution in [2.45, 2.75) is 24.2 Å². The average molecular weight is 390 g/mol. The highest BCUT2D eigenvalue weighted by Crippen LogP contribution is 2.34. The Labute approximate surface area is 145 Å². The first-order chi connectivity index (χ1) is 11.4. The fourth-order valence-corrected chi connectivity index (χ4v) is 3.40. The molecule has 1 saturated heterocycles. The molecule has 1 heterocycles. The van der Waals surface area contributed by atoms with Crippen molar-refractivity contribution in [3.63, 3.8) is 0 Å². The van der Waals surface area contributed by atoms with E-state index in [0.29, 0.717) is 22.2 Å². The molecule has 0 spiro atoms. The number of nitrogens with zero attached hydrogens (tertiary/aromatic N) is 2. The Morgan fingerprint density at radius 1 is 0.960 bits per heavy atom. The molecule has 1 fully saturated rings. The zero-order chi connectivity index (χ0) is 18.8. The van der Waals surface area contributed by atoms with Crippen LogP contribution >= 0.6 is 11.8 Å². The Kier molecular flexibility index (Phi) is 6.13. The molecule has 1 aromatic rings. The minimum Gasteiger partial charge on any atom is -0.367 e. The molecular formula is C15H17F7N2S. The van der Waals surface area contributed by atoms with Gasteiger partial charge < -0.3 is 4.90 Å². The largest absolute Gasteiger partial charge is 0.401 e. The molecule has 10 heteroatoms. The molecule has 1 aliphatic rings. The van der Waals surface area contributed by atoms with Crippen LogP contribution in [0.15, 0.2) is 17.0 Å². The highest BCUT2D eigenvalue weighted by Gasteiger charge is 2.33. The Balaban J connectivity index is 2.07. The standard InChI is InChI=1S/C15H17F7N2S/c1-10-6-11(16)12(7-13(10)25-9-15(20,21)22)24-4-2-23(3-5-24)8-14(17,18)19/h6-7H,2-5,8-9H2,1H3. The number of hydrogen-bond acceptors (Lipinski definition) is 3. The lowest BCUT2D eigenvalue weighted by Gasteiger charge is -2.36. The minimum absolute atomic E-state index is 0.109. The molecule has 0 aliphatic carbocycles. The van der Waals surface area contributed by atoms with Crippen molar-refractivity contribution in [1.82, 2.24) is 4.90 Å². The zero-order valence-electron chi connectivity index (χ0n) is 13.3. The molecule has 1 aliphatic heterocycles. The Bertz CT molecular complexity index is 593. The van der Waals surface area contributed by atoms with E-state index < -0.39 is 30.5 Å². The van der Waals surface area contributed by atoms with Gasteiger partial charge in [0.1, 0.15) is 5.82 Å². The average Bonchev–Trinajstić information content (AvgIpc) is 2.45. The van der Waals surface area contributed by atoms with E-state index in [1.165, 1.54) is 17.9 Å². The number of aryl methyl sites for hydroxylation is 1. The van der Waals surface area contributed by atoms with Crippen LogP contribution < -0.4 is 4.90 Å². The van der Waals surface area contributed by atoms with Crippen molar-refractivity contribution in [1.29, 1.82) is 0 Å². The molecular weight excluding hydrogens is 373 g/mol. The first-order valence-corrected chi connectivity index (χ1v) is 8.47. The second-order valence-electron chi connectivity index (χ2n) is 5.85. The van der Waals surface area contributed by atoms with Gasteiger partial charge in [0, 0.05) is 31.1 Å². The summed E-state index contributed by atoms with van der Waals surface area (Å²) in [5.74, 6) is -1.67. The molecule has 2 nitrogen and oxygen atoms in total. The molecule has 0 bridgehead atoms. The SMILES string of the molecule is Cc1cc(F)c(N2CCN(CC(F)(F)F)CC2)cc1SCC(F)(F)F. The van der Waals surface area contributed by atoms with Gasteiger partial charge in [0.2, 0.25) is 0 Å². The van der Waals surface area contributed by atoms with Gasteiger partial charge in [0.25, 0.3) is 0 Å². The van der Waals surface area contributed by atoms with E-state index in [1.54, 1.807) is 4.90 Å². The summed E-state index contributed by atoms with van der Waals surface area (Å²) < 4.78 is 88.5. The summed E-state index contributed by atoms with van der Waals surface area (Å²) in [6.45, 7) is 1.07. The van der Waals surface area contributed by atoms with Gasteiger partial charge in [0.05, 0.1) is 18.0 Å². The number of benzene rings is 1. The van der Waals surface area contributed by atoms with Gasteiger partial charge >= 0.3 is 12.4 Å². The van der Waals surface area contributed by atoms with Crippen LogP contribution in [0.3, 0.4) is 0 Å². The summed E-state index contributed by atoms with van der Waals surface area (Å²) in [5, 5.41) is 0. The van der Waals surface area contributed by atoms with E-state index >= 15 is 0 Å². The maximum Gasteiger partial charge on any atom is 0.401 e. The predicted molar refractivity (Wildman–Crippen MR) is 82.6 cm³/mol. The third-order valence-electron chi connectivity index (χ3n) is 3.75. The lowest BCUT2D eigenvalue weighted by atomic mass is 10.2. The summed E-state index contributed by atoms with van der Waals surface area (Å²) in [5.41, 5.74) is 0.521. The van der Waals surface area contributed by atoms with Gasteiger partial charge in [-0.25, -0.2) is 4.39 Å². The lowest BCUT2D eigenvalue weighted by Crippen LogP contribution is -2.49. The van der Waals surface area contributed by atoms with Crippen LogP contribution in [0.4, 0.5) is 36.4 Å². The summed E-state index contributed by atoms with van der Waals surface area (Å²) in [6, 6.07) is 2.51. The van der Waals surface area contributed by atoms with Crippen LogP contribution in [-0.4, -0.2) is 55.7 Å². The monoisotopic (exact) mass is 390 g/mol. The topological polar surface area (TPSA) is 6.48 Å². The molecule has 0 atom stereocenters. The van der Waals surface area contributed by atoms with Crippen molar-refractivity contribution in [3.8, 4) is 0 Å². The number of halogens is 7. The summed E-state index contributed by atoms with van der Waals surface area (Å²) in [4.78, 5) is 3.10. The van der Waals surface area contributed by atoms with Crippen LogP contribution in [0.2, 0.25) is 0 Å². The van der Waals surface area contributed by atoms with E-state index in [0.717, 1.165) is 6.07 Å². The molecule has 0 unspecified atom stereocenters. The summed E-state index contributed by atoms with van der Waals surface area (Å²) in [7, 11) is 0. The van der Waals surface area contributed by atoms with Gasteiger partial charge in [-0.05, 0) is 24.6 Å². The van der Waals surface area contributed by atoms with Gasteiger partial charge in [-0.1, -0.05) is 0 Å². The number of rotatable bonds is 4. The first-order valence-electron chi connectivity index (χ1n) is 7.48. The van der Waals surface area contributed by atoms with Crippen molar-refractivity contribution in [3.05, 3.63) is 23.5 Å². The van der Waals surface area contributed by atoms with E-state index in [1.807, 2.05) is 0 Å². The Morgan fingerprint density at radius 2 is 1.56 bits per heavy atom. The summed E-state index contributed by atoms with van der Waals surface area (Å²) in [6.07, 6.45) is -8.63. The third kappa shape index (κ3) is 6.25. The van der Waals surface area contributed by atoms with E-state index in [4.69, 9.17) is 0 Å². The second-order valence-corrected chi connectivity index (χ2v) is 6.87. The lowest BCUT2D eigenvalue weighted by molar-refractivity contribution is -0.146. The molecule has 25 heavy (non-hydrogen) atoms. The predicted octanol–water partition coefficient (Wildman–Crippen LogP) is 4.47. The van der Waals surface area contributed by atoms with Crippen LogP contribution in [0.1, 0.15) is 5.56 Å². The molecule has 0 radical (unpaired) electrons. The fourth-order valence-electron chi connectivity index (χ4n) is 2.60. The first kappa shape index (κ1) is 20.2. The smallest absolute Gasteiger partial charge is 0.367 e. The second kappa shape index (κ2) is 7.61. The molecule has 0 aromatic heterocycles. The van der Waals surface area contributed by atoms with Gasteiger partial charge in [-0.15, -0.1) is 11.8 Å². The van der Waals surface area contributed by atoms with Crippen LogP contribution in [0, 0.1) is 12.7 Å². The molecule has 142 valence electrons. The quantitative estimate of drug-likeness (QED) is 0.553. The van der Waals surface area contributed by atoms with Crippen LogP contribution in [-0.2, 0) is 0 Å².